The molecule has 0 radical (unpaired) electrons. The van der Waals surface area contributed by atoms with Crippen molar-refractivity contribution in [2.45, 2.75) is 19.4 Å². The number of aryl methyl sites for hydroxylation is 1. The first-order valence-electron chi connectivity index (χ1n) is 8.49. The second-order valence-corrected chi connectivity index (χ2v) is 6.28. The Balaban J connectivity index is 1.61. The van der Waals surface area contributed by atoms with Crippen LogP contribution in [-0.2, 0) is 20.9 Å². The van der Waals surface area contributed by atoms with Crippen LogP contribution in [0.1, 0.15) is 23.2 Å². The summed E-state index contributed by atoms with van der Waals surface area (Å²) in [7, 11) is 1.58. The van der Waals surface area contributed by atoms with Gasteiger partial charge in [-0.25, -0.2) is 0 Å². The maximum absolute atomic E-state index is 12.5. The van der Waals surface area contributed by atoms with Crippen molar-refractivity contribution in [3.05, 3.63) is 47.6 Å². The van der Waals surface area contributed by atoms with Crippen LogP contribution in [0.15, 0.2) is 34.9 Å². The van der Waals surface area contributed by atoms with Crippen molar-refractivity contribution in [1.29, 1.82) is 0 Å². The van der Waals surface area contributed by atoms with E-state index in [2.05, 4.69) is 15.5 Å². The van der Waals surface area contributed by atoms with Crippen LogP contribution in [0, 0.1) is 12.8 Å². The quantitative estimate of drug-likeness (QED) is 0.823. The minimum absolute atomic E-state index is 0.0368. The first-order chi connectivity index (χ1) is 12.6. The number of likely N-dealkylation sites (tertiary alicyclic amines) is 1. The standard InChI is InChI=1S/C18H22N4O4/c1-12-20-18(26-21-12)15-9-22(8-14(15)17(24)19-2)16(23)11-25-10-13-6-4-3-5-7-13/h3-7,14-15H,8-11H2,1-2H3,(H,19,24)/t14-,15-/m1/s1. The van der Waals surface area contributed by atoms with Gasteiger partial charge in [0.1, 0.15) is 6.61 Å². The van der Waals surface area contributed by atoms with E-state index in [1.54, 1.807) is 18.9 Å². The van der Waals surface area contributed by atoms with Crippen molar-refractivity contribution < 1.29 is 18.8 Å². The lowest BCUT2D eigenvalue weighted by atomic mass is 9.95. The lowest BCUT2D eigenvalue weighted by molar-refractivity contribution is -0.135. The summed E-state index contributed by atoms with van der Waals surface area (Å²) in [5, 5.41) is 6.43. The summed E-state index contributed by atoms with van der Waals surface area (Å²) in [5.74, 6) is -0.143. The molecule has 26 heavy (non-hydrogen) atoms. The van der Waals surface area contributed by atoms with Crippen LogP contribution in [-0.4, -0.2) is 53.6 Å². The van der Waals surface area contributed by atoms with Gasteiger partial charge >= 0.3 is 0 Å². The van der Waals surface area contributed by atoms with E-state index in [1.165, 1.54) is 0 Å². The smallest absolute Gasteiger partial charge is 0.248 e. The number of benzene rings is 1. The van der Waals surface area contributed by atoms with Crippen molar-refractivity contribution in [1.82, 2.24) is 20.4 Å². The maximum Gasteiger partial charge on any atom is 0.248 e. The van der Waals surface area contributed by atoms with Gasteiger partial charge in [-0.1, -0.05) is 35.5 Å². The Bertz CT molecular complexity index is 762. The molecule has 0 unspecified atom stereocenters. The molecule has 8 nitrogen and oxygen atoms in total. The molecule has 2 aromatic rings. The molecule has 3 rings (SSSR count). The van der Waals surface area contributed by atoms with Crippen molar-refractivity contribution in [2.24, 2.45) is 5.92 Å². The molecular weight excluding hydrogens is 336 g/mol. The zero-order chi connectivity index (χ0) is 18.5. The molecule has 0 spiro atoms. The van der Waals surface area contributed by atoms with Crippen LogP contribution in [0.5, 0.6) is 0 Å². The molecule has 1 aromatic heterocycles. The first-order valence-corrected chi connectivity index (χ1v) is 8.49. The number of nitrogens with one attached hydrogen (secondary N) is 1. The molecule has 0 aliphatic carbocycles. The van der Waals surface area contributed by atoms with Gasteiger partial charge in [-0.15, -0.1) is 0 Å². The average Bonchev–Trinajstić information content (AvgIpc) is 3.28. The Kier molecular flexibility index (Phi) is 5.62. The fourth-order valence-electron chi connectivity index (χ4n) is 3.09. The molecule has 1 fully saturated rings. The number of amides is 2. The van der Waals surface area contributed by atoms with Crippen molar-refractivity contribution >= 4 is 11.8 Å². The Morgan fingerprint density at radius 3 is 2.73 bits per heavy atom. The molecule has 2 amide bonds. The number of rotatable bonds is 6. The fraction of sp³-hybridized carbons (Fsp3) is 0.444. The predicted molar refractivity (Wildman–Crippen MR) is 92.0 cm³/mol. The SMILES string of the molecule is CNC(=O)[C@@H]1CN(C(=O)COCc2ccccc2)C[C@H]1c1nc(C)no1. The van der Waals surface area contributed by atoms with Crippen LogP contribution >= 0.6 is 0 Å². The summed E-state index contributed by atoms with van der Waals surface area (Å²) in [4.78, 5) is 30.5. The zero-order valence-electron chi connectivity index (χ0n) is 14.8. The predicted octanol–water partition coefficient (Wildman–Crippen LogP) is 0.883. The van der Waals surface area contributed by atoms with E-state index >= 15 is 0 Å². The number of nitrogens with zero attached hydrogens (tertiary/aromatic N) is 3. The lowest BCUT2D eigenvalue weighted by Crippen LogP contribution is -2.35. The number of carbonyl (C=O) groups is 2. The van der Waals surface area contributed by atoms with Gasteiger partial charge in [0.15, 0.2) is 5.82 Å². The topological polar surface area (TPSA) is 97.6 Å². The highest BCUT2D eigenvalue weighted by Gasteiger charge is 2.42. The highest BCUT2D eigenvalue weighted by atomic mass is 16.5. The van der Waals surface area contributed by atoms with Crippen molar-refractivity contribution in [3.63, 3.8) is 0 Å². The monoisotopic (exact) mass is 358 g/mol. The molecule has 2 heterocycles. The highest BCUT2D eigenvalue weighted by molar-refractivity contribution is 5.83. The second kappa shape index (κ2) is 8.09. The molecule has 1 aliphatic heterocycles. The minimum Gasteiger partial charge on any atom is -0.367 e. The molecule has 1 saturated heterocycles. The van der Waals surface area contributed by atoms with Crippen LogP contribution in [0.4, 0.5) is 0 Å². The number of aromatic nitrogens is 2. The molecule has 2 atom stereocenters. The first kappa shape index (κ1) is 18.1. The third kappa shape index (κ3) is 4.08. The molecule has 1 N–H and O–H groups in total. The van der Waals surface area contributed by atoms with Gasteiger partial charge in [-0.05, 0) is 12.5 Å². The van der Waals surface area contributed by atoms with Crippen molar-refractivity contribution in [2.75, 3.05) is 26.7 Å². The third-order valence-electron chi connectivity index (χ3n) is 4.45. The van der Waals surface area contributed by atoms with Crippen LogP contribution < -0.4 is 5.32 Å². The molecule has 1 aliphatic rings. The Morgan fingerprint density at radius 1 is 1.31 bits per heavy atom. The summed E-state index contributed by atoms with van der Waals surface area (Å²) in [6, 6.07) is 9.65. The minimum atomic E-state index is -0.419. The van der Waals surface area contributed by atoms with E-state index in [1.807, 2.05) is 30.3 Å². The number of hydrogen-bond donors (Lipinski definition) is 1. The van der Waals surface area contributed by atoms with Gasteiger partial charge in [-0.2, -0.15) is 4.98 Å². The lowest BCUT2D eigenvalue weighted by Gasteiger charge is -2.16. The van der Waals surface area contributed by atoms with E-state index in [0.29, 0.717) is 31.4 Å². The van der Waals surface area contributed by atoms with Crippen LogP contribution in [0.3, 0.4) is 0 Å². The fourth-order valence-corrected chi connectivity index (χ4v) is 3.09. The van der Waals surface area contributed by atoms with E-state index in [9.17, 15) is 9.59 Å². The summed E-state index contributed by atoms with van der Waals surface area (Å²) in [6.07, 6.45) is 0. The highest BCUT2D eigenvalue weighted by Crippen LogP contribution is 2.32. The third-order valence-corrected chi connectivity index (χ3v) is 4.45. The second-order valence-electron chi connectivity index (χ2n) is 6.28. The van der Waals surface area contributed by atoms with Gasteiger partial charge in [0.2, 0.25) is 17.7 Å². The summed E-state index contributed by atoms with van der Waals surface area (Å²) in [5.41, 5.74) is 1.00. The summed E-state index contributed by atoms with van der Waals surface area (Å²) in [6.45, 7) is 2.71. The zero-order valence-corrected chi connectivity index (χ0v) is 14.8. The Morgan fingerprint density at radius 2 is 2.08 bits per heavy atom. The number of carbonyl (C=O) groups excluding carboxylic acids is 2. The summed E-state index contributed by atoms with van der Waals surface area (Å²) >= 11 is 0. The molecule has 0 bridgehead atoms. The van der Waals surface area contributed by atoms with E-state index in [0.717, 1.165) is 5.56 Å². The summed E-state index contributed by atoms with van der Waals surface area (Å²) < 4.78 is 10.7. The molecule has 0 saturated carbocycles. The maximum atomic E-state index is 12.5. The van der Waals surface area contributed by atoms with Crippen molar-refractivity contribution in [3.8, 4) is 0 Å². The normalized spacial score (nSPS) is 19.5. The van der Waals surface area contributed by atoms with Gasteiger partial charge in [0.25, 0.3) is 0 Å². The molecule has 8 heteroatoms. The van der Waals surface area contributed by atoms with Crippen LogP contribution in [0.25, 0.3) is 0 Å². The molecule has 138 valence electrons. The van der Waals surface area contributed by atoms with Crippen LogP contribution in [0.2, 0.25) is 0 Å². The van der Waals surface area contributed by atoms with E-state index in [4.69, 9.17) is 9.26 Å². The molecular formula is C18H22N4O4. The van der Waals surface area contributed by atoms with E-state index < -0.39 is 5.92 Å². The largest absolute Gasteiger partial charge is 0.367 e. The van der Waals surface area contributed by atoms with Gasteiger partial charge in [0.05, 0.1) is 18.4 Å². The van der Waals surface area contributed by atoms with E-state index in [-0.39, 0.29) is 24.3 Å². The Labute approximate surface area is 151 Å². The van der Waals surface area contributed by atoms with Gasteiger partial charge in [-0.3, -0.25) is 9.59 Å². The van der Waals surface area contributed by atoms with Gasteiger partial charge < -0.3 is 19.5 Å². The number of hydrogen-bond acceptors (Lipinski definition) is 6. The van der Waals surface area contributed by atoms with Gasteiger partial charge in [0, 0.05) is 20.1 Å². The average molecular weight is 358 g/mol. The Hall–Kier alpha value is -2.74. The number of ether oxygens (including phenoxy) is 1. The molecule has 1 aromatic carbocycles.